The van der Waals surface area contributed by atoms with Crippen molar-refractivity contribution < 1.29 is 0 Å². The molecule has 27 heavy (non-hydrogen) atoms. The van der Waals surface area contributed by atoms with Crippen LogP contribution in [0.2, 0.25) is 0 Å². The highest BCUT2D eigenvalue weighted by atomic mass is 28.3. The standard InChI is InChI=1S/C26H18Si/c1-5-13-23-19(9-1)17-20-10-2-6-14-24(20)27(23)25-15-7-3-11-21(25)18-22-12-4-8-16-26(22)27/h1-3,5-11,13-16H,17-18H2. The third-order valence-corrected chi connectivity index (χ3v) is 11.5. The molecule has 0 saturated carbocycles. The number of rotatable bonds is 0. The molecule has 0 atom stereocenters. The average Bonchev–Trinajstić information content (AvgIpc) is 2.73. The highest BCUT2D eigenvalue weighted by Crippen LogP contribution is 2.25. The summed E-state index contributed by atoms with van der Waals surface area (Å²) in [6, 6.07) is 38.4. The summed E-state index contributed by atoms with van der Waals surface area (Å²) in [5.41, 5.74) is 5.75. The molecule has 0 amide bonds. The molecule has 0 bridgehead atoms. The lowest BCUT2D eigenvalue weighted by molar-refractivity contribution is 1.18. The van der Waals surface area contributed by atoms with Gasteiger partial charge in [-0.1, -0.05) is 91.0 Å². The fourth-order valence-corrected chi connectivity index (χ4v) is 11.0. The SMILES string of the molecule is c1ccc2c(c#1)Cc1ccccc1[Si]21c2ccccc2Cc2ccccc21. The van der Waals surface area contributed by atoms with Crippen molar-refractivity contribution in [2.24, 2.45) is 0 Å². The van der Waals surface area contributed by atoms with Gasteiger partial charge in [0.2, 0.25) is 0 Å². The smallest absolute Gasteiger partial charge is 0.0700 e. The van der Waals surface area contributed by atoms with E-state index in [-0.39, 0.29) is 0 Å². The second-order valence-corrected chi connectivity index (χ2v) is 11.2. The van der Waals surface area contributed by atoms with Gasteiger partial charge in [0.15, 0.2) is 8.07 Å². The van der Waals surface area contributed by atoms with E-state index in [1.807, 2.05) is 0 Å². The van der Waals surface area contributed by atoms with Crippen molar-refractivity contribution in [3.8, 4) is 0 Å². The van der Waals surface area contributed by atoms with Crippen molar-refractivity contribution in [1.29, 1.82) is 0 Å². The van der Waals surface area contributed by atoms with E-state index in [1.165, 1.54) is 27.4 Å². The van der Waals surface area contributed by atoms with Gasteiger partial charge in [-0.25, -0.2) is 0 Å². The number of hydrogen-bond donors (Lipinski definition) is 0. The van der Waals surface area contributed by atoms with E-state index in [1.54, 1.807) is 15.6 Å². The Morgan fingerprint density at radius 1 is 0.556 bits per heavy atom. The summed E-state index contributed by atoms with van der Waals surface area (Å²) in [7, 11) is -2.30. The number of benzene rings is 3. The molecule has 0 nitrogen and oxygen atoms in total. The molecule has 0 unspecified atom stereocenters. The summed E-state index contributed by atoms with van der Waals surface area (Å²) in [6.45, 7) is 0. The Labute approximate surface area is 161 Å². The summed E-state index contributed by atoms with van der Waals surface area (Å²) in [5, 5.41) is 6.16. The molecule has 4 aromatic rings. The maximum Gasteiger partial charge on any atom is 0.181 e. The topological polar surface area (TPSA) is 0 Å². The van der Waals surface area contributed by atoms with E-state index >= 15 is 0 Å². The quantitative estimate of drug-likeness (QED) is 0.366. The molecule has 0 N–H and O–H groups in total. The zero-order valence-electron chi connectivity index (χ0n) is 15.0. The first-order chi connectivity index (χ1) is 13.4. The van der Waals surface area contributed by atoms with E-state index in [4.69, 9.17) is 0 Å². The molecule has 1 spiro atoms. The summed E-state index contributed by atoms with van der Waals surface area (Å²) in [5.74, 6) is 0. The zero-order valence-corrected chi connectivity index (χ0v) is 16.0. The normalized spacial score (nSPS) is 15.1. The Bertz CT molecular complexity index is 998. The second-order valence-electron chi connectivity index (χ2n) is 7.57. The Kier molecular flexibility index (Phi) is 3.04. The lowest BCUT2D eigenvalue weighted by atomic mass is 10.0. The van der Waals surface area contributed by atoms with Crippen LogP contribution in [0, 0.1) is 12.1 Å². The Morgan fingerprint density at radius 2 is 1.07 bits per heavy atom. The molecule has 1 heteroatoms. The van der Waals surface area contributed by atoms with E-state index in [0.29, 0.717) is 0 Å². The summed E-state index contributed by atoms with van der Waals surface area (Å²) in [6.07, 6.45) is 1.99. The van der Waals surface area contributed by atoms with Crippen molar-refractivity contribution in [1.82, 2.24) is 0 Å². The molecule has 2 aliphatic rings. The summed E-state index contributed by atoms with van der Waals surface area (Å²) < 4.78 is 0. The van der Waals surface area contributed by atoms with Crippen LogP contribution < -0.4 is 20.7 Å². The molecule has 4 aromatic carbocycles. The summed E-state index contributed by atoms with van der Waals surface area (Å²) in [4.78, 5) is 0. The number of fused-ring (bicyclic) bond motifs is 8. The second kappa shape index (κ2) is 5.46. The van der Waals surface area contributed by atoms with Crippen LogP contribution in [0.5, 0.6) is 0 Å². The minimum absolute atomic E-state index is 0.960. The van der Waals surface area contributed by atoms with Gasteiger partial charge in [-0.05, 0) is 49.9 Å². The van der Waals surface area contributed by atoms with Crippen LogP contribution in [0.3, 0.4) is 0 Å². The van der Waals surface area contributed by atoms with E-state index in [0.717, 1.165) is 12.8 Å². The molecule has 0 saturated heterocycles. The van der Waals surface area contributed by atoms with Crippen LogP contribution in [-0.4, -0.2) is 8.07 Å². The molecule has 0 radical (unpaired) electrons. The van der Waals surface area contributed by atoms with Crippen LogP contribution in [0.1, 0.15) is 22.3 Å². The first-order valence-corrected chi connectivity index (χ1v) is 11.6. The highest BCUT2D eigenvalue weighted by Gasteiger charge is 2.49. The van der Waals surface area contributed by atoms with Crippen LogP contribution >= 0.6 is 0 Å². The monoisotopic (exact) mass is 358 g/mol. The zero-order chi connectivity index (χ0) is 17.8. The van der Waals surface area contributed by atoms with Crippen molar-refractivity contribution in [2.45, 2.75) is 12.8 Å². The lowest BCUT2D eigenvalue weighted by Crippen LogP contribution is -2.79. The minimum atomic E-state index is -2.30. The van der Waals surface area contributed by atoms with Gasteiger partial charge in [0.25, 0.3) is 0 Å². The predicted octanol–water partition coefficient (Wildman–Crippen LogP) is 2.47. The van der Waals surface area contributed by atoms with Crippen molar-refractivity contribution in [2.75, 3.05) is 0 Å². The van der Waals surface area contributed by atoms with Crippen molar-refractivity contribution in [3.63, 3.8) is 0 Å². The van der Waals surface area contributed by atoms with Gasteiger partial charge in [0.1, 0.15) is 0 Å². The van der Waals surface area contributed by atoms with Gasteiger partial charge in [-0.2, -0.15) is 0 Å². The lowest BCUT2D eigenvalue weighted by Gasteiger charge is -2.44. The molecule has 0 fully saturated rings. The molecule has 0 aromatic heterocycles. The maximum atomic E-state index is 3.47. The van der Waals surface area contributed by atoms with Crippen molar-refractivity contribution >= 4 is 28.8 Å². The predicted molar refractivity (Wildman–Crippen MR) is 113 cm³/mol. The van der Waals surface area contributed by atoms with Crippen LogP contribution in [0.4, 0.5) is 0 Å². The van der Waals surface area contributed by atoms with E-state index in [9.17, 15) is 0 Å². The Hall–Kier alpha value is -3.08. The number of hydrogen-bond acceptors (Lipinski definition) is 0. The van der Waals surface area contributed by atoms with Gasteiger partial charge in [-0.3, -0.25) is 0 Å². The highest BCUT2D eigenvalue weighted by molar-refractivity contribution is 7.21. The van der Waals surface area contributed by atoms with Gasteiger partial charge < -0.3 is 0 Å². The molecule has 6 rings (SSSR count). The minimum Gasteiger partial charge on any atom is -0.0700 e. The van der Waals surface area contributed by atoms with Crippen LogP contribution in [0.15, 0.2) is 84.9 Å². The average molecular weight is 359 g/mol. The third-order valence-electron chi connectivity index (χ3n) is 6.30. The fourth-order valence-electron chi connectivity index (χ4n) is 5.30. The molecular formula is C26H18Si. The Morgan fingerprint density at radius 3 is 1.67 bits per heavy atom. The fraction of sp³-hybridized carbons (Fsp3) is 0.0769. The molecule has 2 aliphatic heterocycles. The van der Waals surface area contributed by atoms with Crippen LogP contribution in [-0.2, 0) is 12.8 Å². The van der Waals surface area contributed by atoms with Gasteiger partial charge in [0, 0.05) is 12.0 Å². The van der Waals surface area contributed by atoms with Crippen LogP contribution in [0.25, 0.3) is 0 Å². The van der Waals surface area contributed by atoms with Crippen molar-refractivity contribution in [3.05, 3.63) is 119 Å². The van der Waals surface area contributed by atoms with Gasteiger partial charge >= 0.3 is 0 Å². The molecular weight excluding hydrogens is 340 g/mol. The summed E-state index contributed by atoms with van der Waals surface area (Å²) >= 11 is 0. The van der Waals surface area contributed by atoms with E-state index < -0.39 is 8.07 Å². The van der Waals surface area contributed by atoms with Gasteiger partial charge in [-0.15, -0.1) is 0 Å². The largest absolute Gasteiger partial charge is 0.181 e. The first kappa shape index (κ1) is 15.0. The van der Waals surface area contributed by atoms with Gasteiger partial charge in [0.05, 0.1) is 0 Å². The first-order valence-electron chi connectivity index (χ1n) is 9.56. The molecule has 126 valence electrons. The van der Waals surface area contributed by atoms with E-state index in [2.05, 4.69) is 97.1 Å². The molecule has 0 aliphatic carbocycles. The molecule has 2 heterocycles. The maximum absolute atomic E-state index is 3.47. The third kappa shape index (κ3) is 1.89. The Balaban J connectivity index is 1.85.